The molecule has 1 N–H and O–H groups in total. The van der Waals surface area contributed by atoms with E-state index in [0.29, 0.717) is 19.3 Å². The first-order valence-corrected chi connectivity index (χ1v) is 3.64. The number of carboxylic acid groups (broad SMARTS) is 1. The lowest BCUT2D eigenvalue weighted by atomic mass is 9.97. The summed E-state index contributed by atoms with van der Waals surface area (Å²) in [7, 11) is 0. The van der Waals surface area contributed by atoms with Crippen LogP contribution in [0.3, 0.4) is 0 Å². The third-order valence-electron chi connectivity index (χ3n) is 2.21. The first-order valence-electron chi connectivity index (χ1n) is 3.64. The molecule has 1 saturated carbocycles. The summed E-state index contributed by atoms with van der Waals surface area (Å²) in [6.45, 7) is 0. The summed E-state index contributed by atoms with van der Waals surface area (Å²) >= 11 is 0. The Labute approximate surface area is 63.2 Å². The van der Waals surface area contributed by atoms with E-state index in [9.17, 15) is 13.6 Å². The van der Waals surface area contributed by atoms with Crippen molar-refractivity contribution in [1.29, 1.82) is 0 Å². The summed E-state index contributed by atoms with van der Waals surface area (Å²) in [5.41, 5.74) is 0. The highest BCUT2D eigenvalue weighted by molar-refractivity contribution is 5.70. The molecule has 0 spiro atoms. The van der Waals surface area contributed by atoms with Gasteiger partial charge >= 0.3 is 5.97 Å². The Kier molecular flexibility index (Phi) is 2.42. The molecule has 0 aromatic carbocycles. The molecule has 0 aliphatic heterocycles. The lowest BCUT2D eigenvalue weighted by Crippen LogP contribution is -2.23. The van der Waals surface area contributed by atoms with Gasteiger partial charge in [-0.15, -0.1) is 0 Å². The summed E-state index contributed by atoms with van der Waals surface area (Å²) in [5, 5.41) is 8.50. The third-order valence-corrected chi connectivity index (χ3v) is 2.21. The van der Waals surface area contributed by atoms with Crippen molar-refractivity contribution in [3.8, 4) is 0 Å². The Morgan fingerprint density at radius 1 is 1.45 bits per heavy atom. The zero-order valence-electron chi connectivity index (χ0n) is 5.96. The Hall–Kier alpha value is -0.670. The van der Waals surface area contributed by atoms with Crippen molar-refractivity contribution in [2.75, 3.05) is 0 Å². The van der Waals surface area contributed by atoms with Crippen LogP contribution in [-0.2, 0) is 4.79 Å². The summed E-state index contributed by atoms with van der Waals surface area (Å²) in [4.78, 5) is 10.4. The maximum atomic E-state index is 12.1. The van der Waals surface area contributed by atoms with E-state index in [1.54, 1.807) is 0 Å². The molecule has 0 bridgehead atoms. The van der Waals surface area contributed by atoms with E-state index in [4.69, 9.17) is 5.11 Å². The Bertz CT molecular complexity index is 159. The van der Waals surface area contributed by atoms with Gasteiger partial charge in [-0.3, -0.25) is 4.79 Å². The van der Waals surface area contributed by atoms with Crippen molar-refractivity contribution in [3.63, 3.8) is 0 Å². The molecule has 1 aliphatic carbocycles. The van der Waals surface area contributed by atoms with Gasteiger partial charge < -0.3 is 5.11 Å². The van der Waals surface area contributed by atoms with Crippen molar-refractivity contribution >= 4 is 5.97 Å². The van der Waals surface area contributed by atoms with E-state index in [1.807, 2.05) is 0 Å². The van der Waals surface area contributed by atoms with Gasteiger partial charge in [0.1, 0.15) is 0 Å². The van der Waals surface area contributed by atoms with Crippen molar-refractivity contribution in [3.05, 3.63) is 0 Å². The van der Waals surface area contributed by atoms with Crippen LogP contribution in [0.2, 0.25) is 0 Å². The minimum absolute atomic E-state index is 0.356. The zero-order chi connectivity index (χ0) is 8.43. The number of hydrogen-bond donors (Lipinski definition) is 1. The van der Waals surface area contributed by atoms with E-state index in [-0.39, 0.29) is 0 Å². The summed E-state index contributed by atoms with van der Waals surface area (Å²) in [6.07, 6.45) is -1.09. The molecule has 0 aromatic rings. The van der Waals surface area contributed by atoms with E-state index in [0.717, 1.165) is 0 Å². The molecular formula is C7H10F2O2. The number of hydrogen-bond acceptors (Lipinski definition) is 1. The molecule has 2 atom stereocenters. The first-order chi connectivity index (χ1) is 5.13. The maximum absolute atomic E-state index is 12.1. The molecule has 1 aliphatic rings. The van der Waals surface area contributed by atoms with Crippen LogP contribution in [0.4, 0.5) is 8.78 Å². The van der Waals surface area contributed by atoms with Crippen LogP contribution in [0.1, 0.15) is 19.3 Å². The van der Waals surface area contributed by atoms with Gasteiger partial charge in [-0.1, -0.05) is 6.42 Å². The fourth-order valence-electron chi connectivity index (χ4n) is 1.60. The molecular weight excluding hydrogens is 154 g/mol. The van der Waals surface area contributed by atoms with E-state index >= 15 is 0 Å². The highest BCUT2D eigenvalue weighted by atomic mass is 19.3. The first kappa shape index (κ1) is 8.43. The molecule has 0 radical (unpaired) electrons. The number of carbonyl (C=O) groups is 1. The molecule has 0 saturated heterocycles. The topological polar surface area (TPSA) is 37.3 Å². The highest BCUT2D eigenvalue weighted by Crippen LogP contribution is 2.35. The van der Waals surface area contributed by atoms with Gasteiger partial charge in [0.25, 0.3) is 0 Å². The molecule has 0 aromatic heterocycles. The molecule has 1 rings (SSSR count). The van der Waals surface area contributed by atoms with Crippen LogP contribution in [0, 0.1) is 11.8 Å². The van der Waals surface area contributed by atoms with Crippen molar-refractivity contribution in [2.45, 2.75) is 25.7 Å². The second kappa shape index (κ2) is 3.15. The zero-order valence-corrected chi connectivity index (χ0v) is 5.96. The molecule has 1 fully saturated rings. The predicted molar refractivity (Wildman–Crippen MR) is 34.5 cm³/mol. The second-order valence-corrected chi connectivity index (χ2v) is 2.87. The SMILES string of the molecule is O=C(O)C1CCCC1C(F)F. The Morgan fingerprint density at radius 2 is 2.09 bits per heavy atom. The number of halogens is 2. The monoisotopic (exact) mass is 164 g/mol. The van der Waals surface area contributed by atoms with Crippen LogP contribution in [0.25, 0.3) is 0 Å². The predicted octanol–water partition coefficient (Wildman–Crippen LogP) is 1.75. The van der Waals surface area contributed by atoms with E-state index in [1.165, 1.54) is 0 Å². The quantitative estimate of drug-likeness (QED) is 0.675. The molecule has 2 unspecified atom stereocenters. The van der Waals surface area contributed by atoms with Crippen LogP contribution in [0.15, 0.2) is 0 Å². The van der Waals surface area contributed by atoms with Crippen molar-refractivity contribution < 1.29 is 18.7 Å². The molecule has 4 heteroatoms. The van der Waals surface area contributed by atoms with Gasteiger partial charge in [0, 0.05) is 5.92 Å². The Balaban J connectivity index is 2.58. The van der Waals surface area contributed by atoms with Gasteiger partial charge in [0.2, 0.25) is 6.43 Å². The molecule has 2 nitrogen and oxygen atoms in total. The van der Waals surface area contributed by atoms with Gasteiger partial charge in [-0.2, -0.15) is 0 Å². The Morgan fingerprint density at radius 3 is 2.45 bits per heavy atom. The van der Waals surface area contributed by atoms with Crippen molar-refractivity contribution in [2.24, 2.45) is 11.8 Å². The number of rotatable bonds is 2. The average Bonchev–Trinajstić information content (AvgIpc) is 2.32. The fourth-order valence-corrected chi connectivity index (χ4v) is 1.60. The summed E-state index contributed by atoms with van der Waals surface area (Å²) in [6, 6.07) is 0. The lowest BCUT2D eigenvalue weighted by Gasteiger charge is -2.13. The molecule has 0 amide bonds. The van der Waals surface area contributed by atoms with Gasteiger partial charge in [-0.05, 0) is 12.8 Å². The average molecular weight is 164 g/mol. The second-order valence-electron chi connectivity index (χ2n) is 2.87. The number of alkyl halides is 2. The third kappa shape index (κ3) is 1.67. The van der Waals surface area contributed by atoms with Gasteiger partial charge in [0.05, 0.1) is 5.92 Å². The smallest absolute Gasteiger partial charge is 0.306 e. The van der Waals surface area contributed by atoms with Gasteiger partial charge in [-0.25, -0.2) is 8.78 Å². The maximum Gasteiger partial charge on any atom is 0.306 e. The standard InChI is InChI=1S/C7H10F2O2/c8-6(9)4-2-1-3-5(4)7(10)11/h4-6H,1-3H2,(H,10,11). The molecule has 0 heterocycles. The van der Waals surface area contributed by atoms with E-state index < -0.39 is 24.2 Å². The lowest BCUT2D eigenvalue weighted by molar-refractivity contribution is -0.145. The molecule has 11 heavy (non-hydrogen) atoms. The summed E-state index contributed by atoms with van der Waals surface area (Å²) in [5.74, 6) is -2.80. The highest BCUT2D eigenvalue weighted by Gasteiger charge is 2.38. The largest absolute Gasteiger partial charge is 0.481 e. The van der Waals surface area contributed by atoms with Gasteiger partial charge in [0.15, 0.2) is 0 Å². The van der Waals surface area contributed by atoms with Crippen molar-refractivity contribution in [1.82, 2.24) is 0 Å². The fraction of sp³-hybridized carbons (Fsp3) is 0.857. The minimum Gasteiger partial charge on any atom is -0.481 e. The summed E-state index contributed by atoms with van der Waals surface area (Å²) < 4.78 is 24.2. The molecule has 64 valence electrons. The van der Waals surface area contributed by atoms with Crippen LogP contribution in [0.5, 0.6) is 0 Å². The number of aliphatic carboxylic acids is 1. The van der Waals surface area contributed by atoms with E-state index in [2.05, 4.69) is 0 Å². The van der Waals surface area contributed by atoms with Crippen LogP contribution in [-0.4, -0.2) is 17.5 Å². The van der Waals surface area contributed by atoms with Crippen LogP contribution >= 0.6 is 0 Å². The van der Waals surface area contributed by atoms with Crippen LogP contribution < -0.4 is 0 Å². The normalized spacial score (nSPS) is 31.2. The minimum atomic E-state index is -2.47. The number of carboxylic acids is 1.